The lowest BCUT2D eigenvalue weighted by atomic mass is 9.67. The van der Waals surface area contributed by atoms with Gasteiger partial charge in [0.25, 0.3) is 0 Å². The van der Waals surface area contributed by atoms with Crippen LogP contribution >= 0.6 is 0 Å². The fourth-order valence-corrected chi connectivity index (χ4v) is 5.52. The lowest BCUT2D eigenvalue weighted by Gasteiger charge is -2.34. The molecule has 3 nitrogen and oxygen atoms in total. The number of rotatable bonds is 1. The van der Waals surface area contributed by atoms with E-state index in [1.807, 2.05) is 48.6 Å². The van der Waals surface area contributed by atoms with Crippen LogP contribution in [0.1, 0.15) is 17.5 Å². The number of benzene rings is 4. The molecule has 1 heterocycles. The lowest BCUT2D eigenvalue weighted by Crippen LogP contribution is -2.32. The van der Waals surface area contributed by atoms with Crippen LogP contribution in [0.2, 0.25) is 0 Å². The van der Waals surface area contributed by atoms with Crippen LogP contribution in [-0.4, -0.2) is 16.1 Å². The van der Waals surface area contributed by atoms with Gasteiger partial charge in [-0.15, -0.1) is 0 Å². The van der Waals surface area contributed by atoms with Gasteiger partial charge in [-0.2, -0.15) is 0 Å². The first-order valence-electron chi connectivity index (χ1n) is 11.1. The molecule has 5 aromatic rings. The van der Waals surface area contributed by atoms with E-state index < -0.39 is 11.4 Å². The summed E-state index contributed by atoms with van der Waals surface area (Å²) in [6.07, 6.45) is 10.2. The number of fused-ring (bicyclic) bond motifs is 9. The van der Waals surface area contributed by atoms with Crippen molar-refractivity contribution in [3.63, 3.8) is 0 Å². The third kappa shape index (κ3) is 2.45. The minimum absolute atomic E-state index is 0.479. The summed E-state index contributed by atoms with van der Waals surface area (Å²) in [5, 5.41) is 16.9. The highest BCUT2D eigenvalue weighted by Crippen LogP contribution is 2.49. The van der Waals surface area contributed by atoms with Gasteiger partial charge in [-0.1, -0.05) is 72.8 Å². The van der Waals surface area contributed by atoms with Crippen LogP contribution in [0, 0.1) is 5.41 Å². The smallest absolute Gasteiger partial charge is 0.318 e. The molecule has 4 aromatic carbocycles. The zero-order chi connectivity index (χ0) is 22.2. The zero-order valence-corrected chi connectivity index (χ0v) is 17.7. The second-order valence-corrected chi connectivity index (χ2v) is 8.96. The Hall–Kier alpha value is -4.24. The number of aromatic nitrogens is 1. The van der Waals surface area contributed by atoms with Crippen molar-refractivity contribution in [1.29, 1.82) is 0 Å². The van der Waals surface area contributed by atoms with Crippen LogP contribution in [0.5, 0.6) is 0 Å². The molecule has 0 radical (unpaired) electrons. The van der Waals surface area contributed by atoms with Gasteiger partial charge < -0.3 is 5.11 Å². The summed E-state index contributed by atoms with van der Waals surface area (Å²) in [5.41, 5.74) is 3.97. The van der Waals surface area contributed by atoms with E-state index in [9.17, 15) is 9.90 Å². The van der Waals surface area contributed by atoms with E-state index in [-0.39, 0.29) is 0 Å². The molecule has 3 heteroatoms. The molecule has 7 rings (SSSR count). The summed E-state index contributed by atoms with van der Waals surface area (Å²) >= 11 is 0. The van der Waals surface area contributed by atoms with E-state index in [1.54, 1.807) is 0 Å². The van der Waals surface area contributed by atoms with Crippen molar-refractivity contribution in [1.82, 2.24) is 4.98 Å². The number of allylic oxidation sites excluding steroid dienone is 3. The normalized spacial score (nSPS) is 19.1. The van der Waals surface area contributed by atoms with Crippen molar-refractivity contribution < 1.29 is 9.90 Å². The van der Waals surface area contributed by atoms with Gasteiger partial charge in [0.2, 0.25) is 0 Å². The number of carboxylic acid groups (broad SMARTS) is 1. The van der Waals surface area contributed by atoms with Crippen molar-refractivity contribution in [2.45, 2.75) is 6.42 Å². The van der Waals surface area contributed by atoms with Gasteiger partial charge in [0.05, 0.1) is 11.0 Å². The molecule has 0 saturated heterocycles. The molecule has 0 spiro atoms. The summed E-state index contributed by atoms with van der Waals surface area (Å²) in [6, 6.07) is 23.3. The fourth-order valence-electron chi connectivity index (χ4n) is 5.52. The minimum atomic E-state index is -0.977. The van der Waals surface area contributed by atoms with Gasteiger partial charge >= 0.3 is 5.97 Å². The Bertz CT molecular complexity index is 1770. The first-order valence-corrected chi connectivity index (χ1v) is 11.1. The minimum Gasteiger partial charge on any atom is -0.480 e. The first kappa shape index (κ1) is 18.3. The summed E-state index contributed by atoms with van der Waals surface area (Å²) in [6.45, 7) is 0. The predicted octanol–water partition coefficient (Wildman–Crippen LogP) is 7.14. The predicted molar refractivity (Wildman–Crippen MR) is 135 cm³/mol. The average Bonchev–Trinajstić information content (AvgIpc) is 2.85. The molecule has 1 unspecified atom stereocenters. The number of carbonyl (C=O) groups is 1. The Morgan fingerprint density at radius 1 is 0.848 bits per heavy atom. The van der Waals surface area contributed by atoms with E-state index in [0.29, 0.717) is 6.42 Å². The van der Waals surface area contributed by atoms with Crippen molar-refractivity contribution in [2.75, 3.05) is 0 Å². The molecule has 0 fully saturated rings. The maximum atomic E-state index is 12.2. The molecule has 156 valence electrons. The summed E-state index contributed by atoms with van der Waals surface area (Å²) < 4.78 is 0. The zero-order valence-electron chi connectivity index (χ0n) is 17.7. The molecular weight excluding hydrogens is 406 g/mol. The molecule has 0 amide bonds. The van der Waals surface area contributed by atoms with Crippen LogP contribution in [0.15, 0.2) is 91.0 Å². The third-order valence-corrected chi connectivity index (χ3v) is 7.22. The van der Waals surface area contributed by atoms with E-state index in [1.165, 1.54) is 10.8 Å². The number of para-hydroxylation sites is 1. The maximum Gasteiger partial charge on any atom is 0.318 e. The molecular formula is C30H19NO2. The Morgan fingerprint density at radius 2 is 1.73 bits per heavy atom. The van der Waals surface area contributed by atoms with Crippen LogP contribution in [0.3, 0.4) is 0 Å². The van der Waals surface area contributed by atoms with Gasteiger partial charge in [0.15, 0.2) is 0 Å². The highest BCUT2D eigenvalue weighted by molar-refractivity contribution is 6.16. The monoisotopic (exact) mass is 425 g/mol. The quantitative estimate of drug-likeness (QED) is 0.229. The highest BCUT2D eigenvalue weighted by Gasteiger charge is 2.43. The van der Waals surface area contributed by atoms with Crippen molar-refractivity contribution in [3.8, 4) is 0 Å². The van der Waals surface area contributed by atoms with Gasteiger partial charge in [-0.25, -0.2) is 4.98 Å². The molecule has 0 bridgehead atoms. The molecule has 2 aliphatic rings. The largest absolute Gasteiger partial charge is 0.480 e. The van der Waals surface area contributed by atoms with E-state index in [4.69, 9.17) is 4.98 Å². The van der Waals surface area contributed by atoms with Gasteiger partial charge in [-0.3, -0.25) is 4.79 Å². The van der Waals surface area contributed by atoms with Crippen LogP contribution in [-0.2, 0) is 4.79 Å². The number of nitrogens with zero attached hydrogens (tertiary/aromatic N) is 1. The first-order chi connectivity index (χ1) is 16.1. The van der Waals surface area contributed by atoms with Gasteiger partial charge in [0, 0.05) is 10.8 Å². The van der Waals surface area contributed by atoms with Crippen molar-refractivity contribution in [3.05, 3.63) is 102 Å². The second-order valence-electron chi connectivity index (χ2n) is 8.96. The number of carboxylic acids is 1. The molecule has 33 heavy (non-hydrogen) atoms. The molecule has 2 aliphatic carbocycles. The van der Waals surface area contributed by atoms with Crippen LogP contribution in [0.4, 0.5) is 0 Å². The molecule has 1 atom stereocenters. The molecule has 0 saturated carbocycles. The van der Waals surface area contributed by atoms with E-state index in [0.717, 1.165) is 49.3 Å². The van der Waals surface area contributed by atoms with Crippen LogP contribution < -0.4 is 0 Å². The van der Waals surface area contributed by atoms with E-state index >= 15 is 0 Å². The van der Waals surface area contributed by atoms with Gasteiger partial charge in [0.1, 0.15) is 5.41 Å². The molecule has 1 N–H and O–H groups in total. The highest BCUT2D eigenvalue weighted by atomic mass is 16.4. The summed E-state index contributed by atoms with van der Waals surface area (Å²) in [7, 11) is 0. The third-order valence-electron chi connectivity index (χ3n) is 7.22. The SMILES string of the molecule is O=C(O)C12C=Cc3c(ccc4c3ccc3cc5nc6ccccc6cc5cc34)C1=CC=CC2. The fraction of sp³-hybridized carbons (Fsp3) is 0.0667. The lowest BCUT2D eigenvalue weighted by molar-refractivity contribution is -0.143. The molecule has 0 aliphatic heterocycles. The van der Waals surface area contributed by atoms with Gasteiger partial charge in [-0.05, 0) is 68.9 Å². The summed E-state index contributed by atoms with van der Waals surface area (Å²) in [5.74, 6) is -0.801. The average molecular weight is 425 g/mol. The number of pyridine rings is 1. The standard InChI is InChI=1S/C30H19NO2/c32-29(33)30-13-4-3-6-26(30)24-11-10-22-21(23(24)12-14-30)9-8-18-17-28-20(16-25(18)22)15-19-5-1-2-7-27(19)31-28/h1-12,14-17H,13H2,(H,32,33). The topological polar surface area (TPSA) is 50.2 Å². The number of aliphatic carboxylic acids is 1. The van der Waals surface area contributed by atoms with Crippen molar-refractivity contribution in [2.24, 2.45) is 5.41 Å². The Balaban J connectivity index is 1.52. The number of hydrogen-bond acceptors (Lipinski definition) is 2. The van der Waals surface area contributed by atoms with E-state index in [2.05, 4.69) is 48.5 Å². The van der Waals surface area contributed by atoms with Crippen molar-refractivity contribution >= 4 is 61.0 Å². The molecule has 1 aromatic heterocycles. The Kier molecular flexibility index (Phi) is 3.55. The maximum absolute atomic E-state index is 12.2. The Morgan fingerprint density at radius 3 is 2.64 bits per heavy atom. The Labute approximate surface area is 190 Å². The van der Waals surface area contributed by atoms with Crippen LogP contribution in [0.25, 0.3) is 55.0 Å². The summed E-state index contributed by atoms with van der Waals surface area (Å²) in [4.78, 5) is 17.1. The number of hydrogen-bond donors (Lipinski definition) is 1. The second kappa shape index (κ2) is 6.39.